The Morgan fingerprint density at radius 1 is 0.471 bits per heavy atom. The Morgan fingerprint density at radius 3 is 0.794 bits per heavy atom. The van der Waals surface area contributed by atoms with Crippen molar-refractivity contribution in [3.63, 3.8) is 0 Å². The molecule has 3 N–H and O–H groups in total. The molecule has 0 aromatic heterocycles. The number of aliphatic hydroxyl groups is 3. The summed E-state index contributed by atoms with van der Waals surface area (Å²) in [6.07, 6.45) is -4.55. The zero-order chi connectivity index (χ0) is 24.8. The average molecular weight is 509 g/mol. The van der Waals surface area contributed by atoms with E-state index in [1.807, 2.05) is 0 Å². The molecule has 0 aliphatic carbocycles. The van der Waals surface area contributed by atoms with Gasteiger partial charge in [-0.25, -0.2) is 0 Å². The van der Waals surface area contributed by atoms with Gasteiger partial charge in [0.2, 0.25) is 0 Å². The monoisotopic (exact) mass is 509 g/mol. The molecular formula is C24H21FeO9. The maximum Gasteiger partial charge on any atom is 3.00 e. The third-order valence-electron chi connectivity index (χ3n) is 4.02. The first-order valence-electron chi connectivity index (χ1n) is 9.46. The predicted octanol–water partition coefficient (Wildman–Crippen LogP) is -1.59. The van der Waals surface area contributed by atoms with Gasteiger partial charge in [-0.1, -0.05) is 91.0 Å². The minimum atomic E-state index is -1.52. The van der Waals surface area contributed by atoms with Crippen LogP contribution in [0, 0.1) is 0 Å². The van der Waals surface area contributed by atoms with Crippen LogP contribution in [0.4, 0.5) is 0 Å². The Morgan fingerprint density at radius 2 is 0.647 bits per heavy atom. The minimum absolute atomic E-state index is 0. The van der Waals surface area contributed by atoms with Crippen LogP contribution in [-0.2, 0) is 31.5 Å². The first-order valence-corrected chi connectivity index (χ1v) is 9.46. The molecule has 3 atom stereocenters. The van der Waals surface area contributed by atoms with Crippen molar-refractivity contribution in [1.29, 1.82) is 0 Å². The standard InChI is InChI=1S/3C8H8O3.Fe/c3*9-7(8(10)11)6-4-2-1-3-5-6;/h3*1-5,7,9H,(H,10,11);/q;;;+3/p-3. The van der Waals surface area contributed by atoms with Crippen molar-refractivity contribution in [2.24, 2.45) is 0 Å². The number of carbonyl (C=O) groups excluding carboxylic acids is 3. The number of carboxylic acids is 3. The summed E-state index contributed by atoms with van der Waals surface area (Å²) in [7, 11) is 0. The molecule has 0 spiro atoms. The third-order valence-corrected chi connectivity index (χ3v) is 4.02. The molecule has 3 unspecified atom stereocenters. The molecule has 3 rings (SSSR count). The first kappa shape index (κ1) is 30.5. The van der Waals surface area contributed by atoms with Gasteiger partial charge in [-0.2, -0.15) is 0 Å². The van der Waals surface area contributed by atoms with Gasteiger partial charge >= 0.3 is 17.1 Å². The van der Waals surface area contributed by atoms with Gasteiger partial charge in [0.25, 0.3) is 0 Å². The van der Waals surface area contributed by atoms with Crippen LogP contribution in [-0.4, -0.2) is 33.2 Å². The quantitative estimate of drug-likeness (QED) is 0.330. The fourth-order valence-electron chi connectivity index (χ4n) is 2.31. The smallest absolute Gasteiger partial charge is 0.547 e. The number of aliphatic hydroxyl groups excluding tert-OH is 3. The van der Waals surface area contributed by atoms with E-state index in [-0.39, 0.29) is 17.1 Å². The van der Waals surface area contributed by atoms with Crippen molar-refractivity contribution in [3.05, 3.63) is 108 Å². The molecule has 0 aliphatic heterocycles. The number of carbonyl (C=O) groups is 3. The van der Waals surface area contributed by atoms with Gasteiger partial charge in [0.05, 0.1) is 17.9 Å². The minimum Gasteiger partial charge on any atom is -0.547 e. The first-order chi connectivity index (χ1) is 15.6. The second-order valence-electron chi connectivity index (χ2n) is 6.40. The van der Waals surface area contributed by atoms with Crippen LogP contribution >= 0.6 is 0 Å². The molecule has 34 heavy (non-hydrogen) atoms. The number of benzene rings is 3. The number of rotatable bonds is 6. The van der Waals surface area contributed by atoms with Crippen molar-refractivity contribution >= 4 is 17.9 Å². The van der Waals surface area contributed by atoms with E-state index in [0.29, 0.717) is 16.7 Å². The van der Waals surface area contributed by atoms with E-state index < -0.39 is 36.2 Å². The second kappa shape index (κ2) is 16.1. The number of hydrogen-bond donors (Lipinski definition) is 3. The van der Waals surface area contributed by atoms with E-state index >= 15 is 0 Å². The van der Waals surface area contributed by atoms with Crippen LogP contribution in [0.5, 0.6) is 0 Å². The SMILES string of the molecule is O=C([O-])C(O)c1ccccc1.O=C([O-])C(O)c1ccccc1.O=C([O-])C(O)c1ccccc1.[Fe+3]. The molecule has 0 amide bonds. The van der Waals surface area contributed by atoms with Gasteiger partial charge in [0.1, 0.15) is 18.3 Å². The Hall–Kier alpha value is -3.53. The van der Waals surface area contributed by atoms with Gasteiger partial charge in [0, 0.05) is 0 Å². The molecule has 9 nitrogen and oxygen atoms in total. The normalized spacial score (nSPS) is 12.1. The molecule has 1 radical (unpaired) electrons. The summed E-state index contributed by atoms with van der Waals surface area (Å²) in [5.41, 5.74) is 1.02. The van der Waals surface area contributed by atoms with Crippen LogP contribution < -0.4 is 15.3 Å². The van der Waals surface area contributed by atoms with E-state index in [1.54, 1.807) is 54.6 Å². The van der Waals surface area contributed by atoms with Crippen molar-refractivity contribution in [2.45, 2.75) is 18.3 Å². The third kappa shape index (κ3) is 10.9. The molecule has 3 aromatic rings. The maximum absolute atomic E-state index is 10.1. The average Bonchev–Trinajstić information content (AvgIpc) is 2.84. The molecule has 3 aromatic carbocycles. The Bertz CT molecular complexity index is 867. The second-order valence-corrected chi connectivity index (χ2v) is 6.40. The molecule has 179 valence electrons. The zero-order valence-electron chi connectivity index (χ0n) is 17.5. The molecule has 0 heterocycles. The fraction of sp³-hybridized carbons (Fsp3) is 0.125. The molecular weight excluding hydrogens is 488 g/mol. The van der Waals surface area contributed by atoms with Gasteiger partial charge in [-0.05, 0) is 16.7 Å². The summed E-state index contributed by atoms with van der Waals surface area (Å²) in [6.45, 7) is 0. The van der Waals surface area contributed by atoms with Crippen molar-refractivity contribution < 1.29 is 62.1 Å². The van der Waals surface area contributed by atoms with E-state index in [4.69, 9.17) is 15.3 Å². The molecule has 0 aliphatic rings. The molecule has 0 saturated carbocycles. The summed E-state index contributed by atoms with van der Waals surface area (Å²) < 4.78 is 0. The number of aliphatic carboxylic acids is 3. The van der Waals surface area contributed by atoms with Crippen molar-refractivity contribution in [1.82, 2.24) is 0 Å². The summed E-state index contributed by atoms with van der Waals surface area (Å²) in [5, 5.41) is 57.2. The summed E-state index contributed by atoms with van der Waals surface area (Å²) in [5.74, 6) is -4.43. The van der Waals surface area contributed by atoms with Crippen molar-refractivity contribution in [2.75, 3.05) is 0 Å². The van der Waals surface area contributed by atoms with E-state index in [0.717, 1.165) is 0 Å². The number of hydrogen-bond acceptors (Lipinski definition) is 9. The Labute approximate surface area is 206 Å². The topological polar surface area (TPSA) is 181 Å². The fourth-order valence-corrected chi connectivity index (χ4v) is 2.31. The molecule has 10 heteroatoms. The van der Waals surface area contributed by atoms with Crippen LogP contribution in [0.25, 0.3) is 0 Å². The van der Waals surface area contributed by atoms with E-state index in [9.17, 15) is 29.7 Å². The Kier molecular flexibility index (Phi) is 14.5. The molecule has 0 saturated heterocycles. The molecule has 0 bridgehead atoms. The van der Waals surface area contributed by atoms with Gasteiger partial charge in [-0.15, -0.1) is 0 Å². The van der Waals surface area contributed by atoms with Gasteiger partial charge in [-0.3, -0.25) is 0 Å². The summed E-state index contributed by atoms with van der Waals surface area (Å²) in [4.78, 5) is 30.4. The largest absolute Gasteiger partial charge is 3.00 e. The predicted molar refractivity (Wildman–Crippen MR) is 109 cm³/mol. The van der Waals surface area contributed by atoms with Gasteiger partial charge < -0.3 is 45.0 Å². The molecule has 0 fully saturated rings. The van der Waals surface area contributed by atoms with E-state index in [1.165, 1.54) is 36.4 Å². The zero-order valence-corrected chi connectivity index (χ0v) is 18.6. The van der Waals surface area contributed by atoms with Crippen LogP contribution in [0.2, 0.25) is 0 Å². The van der Waals surface area contributed by atoms with Crippen LogP contribution in [0.3, 0.4) is 0 Å². The van der Waals surface area contributed by atoms with E-state index in [2.05, 4.69) is 0 Å². The van der Waals surface area contributed by atoms with Crippen LogP contribution in [0.15, 0.2) is 91.0 Å². The van der Waals surface area contributed by atoms with Crippen molar-refractivity contribution in [3.8, 4) is 0 Å². The van der Waals surface area contributed by atoms with Gasteiger partial charge in [0.15, 0.2) is 0 Å². The summed E-state index contributed by atoms with van der Waals surface area (Å²) >= 11 is 0. The number of carboxylic acid groups (broad SMARTS) is 3. The maximum atomic E-state index is 10.1. The summed E-state index contributed by atoms with van der Waals surface area (Å²) in [6, 6.07) is 24.3. The van der Waals surface area contributed by atoms with Crippen LogP contribution in [0.1, 0.15) is 35.0 Å². The Balaban J connectivity index is 0.000000473.